The number of rotatable bonds is 7. The van der Waals surface area contributed by atoms with Gasteiger partial charge >= 0.3 is 0 Å². The molecule has 0 fully saturated rings. The number of hydrogen-bond donors (Lipinski definition) is 1. The highest BCUT2D eigenvalue weighted by atomic mass is 16.5. The predicted molar refractivity (Wildman–Crippen MR) is 116 cm³/mol. The van der Waals surface area contributed by atoms with Crippen LogP contribution in [-0.2, 0) is 6.54 Å². The molecule has 1 N–H and O–H groups in total. The van der Waals surface area contributed by atoms with Crippen LogP contribution in [0.5, 0.6) is 5.75 Å². The number of ether oxygens (including phenoxy) is 1. The van der Waals surface area contributed by atoms with Gasteiger partial charge in [0.1, 0.15) is 11.4 Å². The van der Waals surface area contributed by atoms with E-state index in [1.54, 1.807) is 13.3 Å². The Kier molecular flexibility index (Phi) is 5.24. The van der Waals surface area contributed by atoms with Crippen molar-refractivity contribution in [3.63, 3.8) is 0 Å². The monoisotopic (exact) mass is 392 g/mol. The van der Waals surface area contributed by atoms with E-state index in [1.165, 1.54) is 0 Å². The first kappa shape index (κ1) is 19.4. The zero-order valence-corrected chi connectivity index (χ0v) is 17.8. The maximum atomic E-state index is 5.35. The number of nitrogens with one attached hydrogen (secondary N) is 1. The summed E-state index contributed by atoms with van der Waals surface area (Å²) in [4.78, 5) is 14.9. The third kappa shape index (κ3) is 3.46. The van der Waals surface area contributed by atoms with Crippen LogP contribution in [0, 0.1) is 13.8 Å². The van der Waals surface area contributed by atoms with Crippen molar-refractivity contribution in [2.75, 3.05) is 26.7 Å². The summed E-state index contributed by atoms with van der Waals surface area (Å²) in [6, 6.07) is 4.14. The van der Waals surface area contributed by atoms with Gasteiger partial charge in [0, 0.05) is 28.6 Å². The minimum absolute atomic E-state index is 0.744. The number of aromatic nitrogens is 5. The lowest BCUT2D eigenvalue weighted by atomic mass is 10.1. The van der Waals surface area contributed by atoms with Crippen LogP contribution in [0.3, 0.4) is 0 Å². The molecular weight excluding hydrogens is 364 g/mol. The standard InChI is InChI=1S/C22H28N6O/c1-6-27(7-2)8-9-28-15(4)21(14(3)26-28)19-11-17-18-10-16(29-5)12-24-22(18)25-20(17)13-23-19/h10-13H,6-9H2,1-5H3,(H,24,25). The normalized spacial score (nSPS) is 11.8. The van der Waals surface area contributed by atoms with E-state index in [9.17, 15) is 0 Å². The fourth-order valence-electron chi connectivity index (χ4n) is 3.97. The molecule has 4 heterocycles. The second kappa shape index (κ2) is 7.83. The van der Waals surface area contributed by atoms with Gasteiger partial charge in [0.2, 0.25) is 0 Å². The minimum atomic E-state index is 0.744. The average molecular weight is 393 g/mol. The Balaban J connectivity index is 1.75. The molecule has 0 atom stereocenters. The Labute approximate surface area is 170 Å². The van der Waals surface area contributed by atoms with Gasteiger partial charge in [-0.05, 0) is 39.1 Å². The molecule has 4 aromatic rings. The molecule has 0 spiro atoms. The molecule has 152 valence electrons. The van der Waals surface area contributed by atoms with Crippen molar-refractivity contribution in [3.8, 4) is 17.0 Å². The molecule has 4 rings (SSSR count). The van der Waals surface area contributed by atoms with Crippen molar-refractivity contribution in [2.24, 2.45) is 0 Å². The van der Waals surface area contributed by atoms with Crippen LogP contribution in [0.15, 0.2) is 24.5 Å². The highest BCUT2D eigenvalue weighted by molar-refractivity contribution is 6.07. The number of likely N-dealkylation sites (N-methyl/N-ethyl adjacent to an activating group) is 1. The highest BCUT2D eigenvalue weighted by Gasteiger charge is 2.17. The third-order valence-corrected chi connectivity index (χ3v) is 5.71. The summed E-state index contributed by atoms with van der Waals surface area (Å²) in [5, 5.41) is 6.92. The fourth-order valence-corrected chi connectivity index (χ4v) is 3.97. The zero-order chi connectivity index (χ0) is 20.5. The average Bonchev–Trinajstić information content (AvgIpc) is 3.24. The van der Waals surface area contributed by atoms with Gasteiger partial charge < -0.3 is 14.6 Å². The van der Waals surface area contributed by atoms with Crippen LogP contribution in [0.2, 0.25) is 0 Å². The van der Waals surface area contributed by atoms with Crippen LogP contribution >= 0.6 is 0 Å². The second-order valence-electron chi connectivity index (χ2n) is 7.31. The van der Waals surface area contributed by atoms with Crippen LogP contribution in [-0.4, -0.2) is 56.4 Å². The first-order valence-corrected chi connectivity index (χ1v) is 10.1. The first-order chi connectivity index (χ1) is 14.0. The molecule has 7 heteroatoms. The number of methoxy groups -OCH3 is 1. The van der Waals surface area contributed by atoms with E-state index in [2.05, 4.69) is 53.3 Å². The van der Waals surface area contributed by atoms with Gasteiger partial charge in [-0.2, -0.15) is 5.10 Å². The summed E-state index contributed by atoms with van der Waals surface area (Å²) in [5.41, 5.74) is 6.00. The first-order valence-electron chi connectivity index (χ1n) is 10.1. The molecule has 0 aliphatic heterocycles. The maximum Gasteiger partial charge on any atom is 0.138 e. The molecule has 0 unspecified atom stereocenters. The summed E-state index contributed by atoms with van der Waals surface area (Å²) >= 11 is 0. The van der Waals surface area contributed by atoms with Crippen LogP contribution in [0.1, 0.15) is 25.2 Å². The predicted octanol–water partition coefficient (Wildman–Crippen LogP) is 3.94. The summed E-state index contributed by atoms with van der Waals surface area (Å²) in [5.74, 6) is 0.744. The number of H-pyrrole nitrogens is 1. The Morgan fingerprint density at radius 2 is 1.86 bits per heavy atom. The van der Waals surface area contributed by atoms with Crippen molar-refractivity contribution < 1.29 is 4.74 Å². The van der Waals surface area contributed by atoms with Crippen LogP contribution in [0.4, 0.5) is 0 Å². The van der Waals surface area contributed by atoms with E-state index in [0.29, 0.717) is 0 Å². The number of aromatic amines is 1. The van der Waals surface area contributed by atoms with E-state index in [1.807, 2.05) is 12.3 Å². The lowest BCUT2D eigenvalue weighted by Crippen LogP contribution is -2.27. The van der Waals surface area contributed by atoms with E-state index >= 15 is 0 Å². The molecule has 0 saturated heterocycles. The molecule has 0 aliphatic carbocycles. The number of fused-ring (bicyclic) bond motifs is 3. The molecule has 7 nitrogen and oxygen atoms in total. The van der Waals surface area contributed by atoms with E-state index in [4.69, 9.17) is 14.8 Å². The highest BCUT2D eigenvalue weighted by Crippen LogP contribution is 2.32. The SMILES string of the molecule is CCN(CC)CCn1nc(C)c(-c2cc3c(cn2)[nH]c2ncc(OC)cc23)c1C. The van der Waals surface area contributed by atoms with Crippen molar-refractivity contribution in [1.82, 2.24) is 29.6 Å². The largest absolute Gasteiger partial charge is 0.495 e. The minimum Gasteiger partial charge on any atom is -0.495 e. The van der Waals surface area contributed by atoms with Crippen LogP contribution in [0.25, 0.3) is 33.2 Å². The van der Waals surface area contributed by atoms with Gasteiger partial charge in [-0.25, -0.2) is 4.98 Å². The molecule has 29 heavy (non-hydrogen) atoms. The van der Waals surface area contributed by atoms with Crippen molar-refractivity contribution in [2.45, 2.75) is 34.2 Å². The van der Waals surface area contributed by atoms with Crippen molar-refractivity contribution in [3.05, 3.63) is 35.9 Å². The summed E-state index contributed by atoms with van der Waals surface area (Å²) < 4.78 is 7.46. The third-order valence-electron chi connectivity index (χ3n) is 5.71. The lowest BCUT2D eigenvalue weighted by molar-refractivity contribution is 0.284. The van der Waals surface area contributed by atoms with Gasteiger partial charge in [-0.1, -0.05) is 13.8 Å². The Bertz CT molecular complexity index is 1160. The topological polar surface area (TPSA) is 71.9 Å². The molecule has 4 aromatic heterocycles. The zero-order valence-electron chi connectivity index (χ0n) is 17.8. The van der Waals surface area contributed by atoms with Gasteiger partial charge in [0.15, 0.2) is 0 Å². The second-order valence-corrected chi connectivity index (χ2v) is 7.31. The summed E-state index contributed by atoms with van der Waals surface area (Å²) in [7, 11) is 1.66. The quantitative estimate of drug-likeness (QED) is 0.516. The van der Waals surface area contributed by atoms with E-state index in [0.717, 1.165) is 76.5 Å². The van der Waals surface area contributed by atoms with Gasteiger partial charge in [-0.15, -0.1) is 0 Å². The molecule has 0 amide bonds. The fraction of sp³-hybridized carbons (Fsp3) is 0.409. The van der Waals surface area contributed by atoms with Crippen molar-refractivity contribution in [1.29, 1.82) is 0 Å². The van der Waals surface area contributed by atoms with Gasteiger partial charge in [0.05, 0.1) is 43.0 Å². The van der Waals surface area contributed by atoms with Gasteiger partial charge in [0.25, 0.3) is 0 Å². The lowest BCUT2D eigenvalue weighted by Gasteiger charge is -2.18. The molecule has 0 radical (unpaired) electrons. The molecular formula is C22H28N6O. The Hall–Kier alpha value is -2.93. The van der Waals surface area contributed by atoms with Gasteiger partial charge in [-0.3, -0.25) is 9.67 Å². The smallest absolute Gasteiger partial charge is 0.138 e. The van der Waals surface area contributed by atoms with Crippen LogP contribution < -0.4 is 4.74 Å². The number of aryl methyl sites for hydroxylation is 1. The Morgan fingerprint density at radius 3 is 2.59 bits per heavy atom. The molecule has 0 bridgehead atoms. The Morgan fingerprint density at radius 1 is 1.07 bits per heavy atom. The number of pyridine rings is 2. The maximum absolute atomic E-state index is 5.35. The summed E-state index contributed by atoms with van der Waals surface area (Å²) in [6.45, 7) is 12.6. The van der Waals surface area contributed by atoms with Crippen molar-refractivity contribution >= 4 is 21.9 Å². The number of nitrogens with zero attached hydrogens (tertiary/aromatic N) is 5. The van der Waals surface area contributed by atoms with E-state index in [-0.39, 0.29) is 0 Å². The summed E-state index contributed by atoms with van der Waals surface area (Å²) in [6.07, 6.45) is 3.60. The van der Waals surface area contributed by atoms with E-state index < -0.39 is 0 Å². The molecule has 0 saturated carbocycles. The molecule has 0 aromatic carbocycles. The number of hydrogen-bond acceptors (Lipinski definition) is 5. The molecule has 0 aliphatic rings.